The number of H-pyrrole nitrogens is 1. The van der Waals surface area contributed by atoms with Crippen LogP contribution in [-0.4, -0.2) is 26.7 Å². The van der Waals surface area contributed by atoms with E-state index in [9.17, 15) is 20.0 Å². The summed E-state index contributed by atoms with van der Waals surface area (Å²) in [7, 11) is 0. The summed E-state index contributed by atoms with van der Waals surface area (Å²) in [6.07, 6.45) is 3.07. The average Bonchev–Trinajstić information content (AvgIpc) is 2.96. The molecule has 9 heteroatoms. The van der Waals surface area contributed by atoms with Gasteiger partial charge in [0.25, 0.3) is 5.56 Å². The number of nitrogens with one attached hydrogen (secondary N) is 2. The Morgan fingerprint density at radius 2 is 2.28 bits per heavy atom. The van der Waals surface area contributed by atoms with Crippen LogP contribution in [0, 0.1) is 22.7 Å². The Kier molecular flexibility index (Phi) is 6.34. The van der Waals surface area contributed by atoms with E-state index in [1.807, 2.05) is 0 Å². The van der Waals surface area contributed by atoms with E-state index in [4.69, 9.17) is 0 Å². The smallest absolute Gasteiger partial charge is 0.255 e. The number of thioether (sulfide) groups is 1. The molecule has 29 heavy (non-hydrogen) atoms. The van der Waals surface area contributed by atoms with Crippen LogP contribution in [0.15, 0.2) is 16.0 Å². The maximum atomic E-state index is 12.4. The number of anilines is 1. The Labute approximate surface area is 177 Å². The SMILES string of the molecule is CC(C)(C)C1CCc2c(sc(NC(=O)CCSc3nc(O)cc(=O)[nH]3)c2C#N)C1. The van der Waals surface area contributed by atoms with Gasteiger partial charge in [0.05, 0.1) is 11.6 Å². The highest BCUT2D eigenvalue weighted by Crippen LogP contribution is 2.44. The molecule has 0 saturated carbocycles. The summed E-state index contributed by atoms with van der Waals surface area (Å²) in [6.45, 7) is 6.74. The number of aromatic nitrogens is 2. The van der Waals surface area contributed by atoms with Gasteiger partial charge in [-0.2, -0.15) is 10.2 Å². The van der Waals surface area contributed by atoms with Crippen molar-refractivity contribution in [1.29, 1.82) is 5.26 Å². The van der Waals surface area contributed by atoms with E-state index >= 15 is 0 Å². The van der Waals surface area contributed by atoms with Gasteiger partial charge in [-0.05, 0) is 36.2 Å². The maximum Gasteiger partial charge on any atom is 0.255 e. The summed E-state index contributed by atoms with van der Waals surface area (Å²) in [5.41, 5.74) is 1.46. The summed E-state index contributed by atoms with van der Waals surface area (Å²) in [6, 6.07) is 3.26. The van der Waals surface area contributed by atoms with Crippen LogP contribution in [0.3, 0.4) is 0 Å². The molecule has 3 rings (SSSR count). The second-order valence-corrected chi connectivity index (χ2v) is 10.4. The molecule has 7 nitrogen and oxygen atoms in total. The van der Waals surface area contributed by atoms with E-state index < -0.39 is 5.56 Å². The summed E-state index contributed by atoms with van der Waals surface area (Å²) in [4.78, 5) is 31.2. The Balaban J connectivity index is 1.63. The van der Waals surface area contributed by atoms with E-state index in [1.165, 1.54) is 28.0 Å². The lowest BCUT2D eigenvalue weighted by Gasteiger charge is -2.33. The molecule has 2 aromatic heterocycles. The van der Waals surface area contributed by atoms with Gasteiger partial charge in [-0.3, -0.25) is 9.59 Å². The van der Waals surface area contributed by atoms with Crippen LogP contribution in [0.25, 0.3) is 0 Å². The normalized spacial score (nSPS) is 16.1. The molecular formula is C20H24N4O3S2. The third-order valence-corrected chi connectivity index (χ3v) is 7.17. The standard InChI is InChI=1S/C20H24N4O3S2/c1-20(2,3)11-4-5-12-13(10-21)18(29-14(12)8-11)22-15(25)6-7-28-19-23-16(26)9-17(27)24-19/h9,11H,4-8H2,1-3H3,(H,22,25)(H2,23,24,26,27). The first-order valence-corrected chi connectivity index (χ1v) is 11.2. The van der Waals surface area contributed by atoms with Gasteiger partial charge in [0, 0.05) is 17.1 Å². The minimum Gasteiger partial charge on any atom is -0.493 e. The fourth-order valence-electron chi connectivity index (χ4n) is 3.45. The van der Waals surface area contributed by atoms with E-state index in [-0.39, 0.29) is 28.8 Å². The topological polar surface area (TPSA) is 119 Å². The van der Waals surface area contributed by atoms with Crippen molar-refractivity contribution in [3.05, 3.63) is 32.4 Å². The zero-order valence-corrected chi connectivity index (χ0v) is 18.3. The van der Waals surface area contributed by atoms with Gasteiger partial charge in [-0.25, -0.2) is 0 Å². The van der Waals surface area contributed by atoms with Crippen molar-refractivity contribution in [1.82, 2.24) is 9.97 Å². The Bertz CT molecular complexity index is 1010. The summed E-state index contributed by atoms with van der Waals surface area (Å²) < 4.78 is 0. The Morgan fingerprint density at radius 3 is 2.93 bits per heavy atom. The highest BCUT2D eigenvalue weighted by atomic mass is 32.2. The second-order valence-electron chi connectivity index (χ2n) is 8.18. The number of aromatic hydroxyl groups is 1. The number of nitriles is 1. The predicted molar refractivity (Wildman–Crippen MR) is 114 cm³/mol. The van der Waals surface area contributed by atoms with E-state index in [2.05, 4.69) is 42.1 Å². The molecule has 1 aliphatic rings. The molecule has 0 aromatic carbocycles. The first kappa shape index (κ1) is 21.4. The predicted octanol–water partition coefficient (Wildman–Crippen LogP) is 3.68. The highest BCUT2D eigenvalue weighted by Gasteiger charge is 2.32. The second kappa shape index (κ2) is 8.59. The van der Waals surface area contributed by atoms with Crippen LogP contribution >= 0.6 is 23.1 Å². The number of thiophene rings is 1. The molecule has 2 aromatic rings. The van der Waals surface area contributed by atoms with E-state index in [0.717, 1.165) is 30.9 Å². The number of amides is 1. The maximum absolute atomic E-state index is 12.4. The van der Waals surface area contributed by atoms with Gasteiger partial charge in [0.1, 0.15) is 11.1 Å². The van der Waals surface area contributed by atoms with Crippen LogP contribution in [0.2, 0.25) is 0 Å². The van der Waals surface area contributed by atoms with Crippen LogP contribution in [0.4, 0.5) is 5.00 Å². The highest BCUT2D eigenvalue weighted by molar-refractivity contribution is 7.99. The lowest BCUT2D eigenvalue weighted by molar-refractivity contribution is -0.115. The molecule has 0 radical (unpaired) electrons. The van der Waals surface area contributed by atoms with Crippen LogP contribution in [0.1, 0.15) is 49.6 Å². The number of carbonyl (C=O) groups is 1. The first-order valence-electron chi connectivity index (χ1n) is 9.45. The molecular weight excluding hydrogens is 408 g/mol. The number of nitrogens with zero attached hydrogens (tertiary/aromatic N) is 2. The van der Waals surface area contributed by atoms with Crippen molar-refractivity contribution < 1.29 is 9.90 Å². The summed E-state index contributed by atoms with van der Waals surface area (Å²) >= 11 is 2.69. The minimum absolute atomic E-state index is 0.192. The number of carbonyl (C=O) groups excluding carboxylic acids is 1. The van der Waals surface area contributed by atoms with Gasteiger partial charge in [-0.15, -0.1) is 11.3 Å². The van der Waals surface area contributed by atoms with Gasteiger partial charge in [0.15, 0.2) is 5.16 Å². The van der Waals surface area contributed by atoms with Crippen molar-refractivity contribution >= 4 is 34.0 Å². The lowest BCUT2D eigenvalue weighted by atomic mass is 9.72. The molecule has 0 bridgehead atoms. The molecule has 0 fully saturated rings. The monoisotopic (exact) mass is 432 g/mol. The molecule has 0 aliphatic heterocycles. The minimum atomic E-state index is -0.444. The zero-order valence-electron chi connectivity index (χ0n) is 16.7. The first-order chi connectivity index (χ1) is 13.7. The van der Waals surface area contributed by atoms with Crippen molar-refractivity contribution in [3.8, 4) is 11.9 Å². The molecule has 1 unspecified atom stereocenters. The quantitative estimate of drug-likeness (QED) is 0.490. The number of rotatable bonds is 5. The largest absolute Gasteiger partial charge is 0.493 e. The van der Waals surface area contributed by atoms with Gasteiger partial charge < -0.3 is 15.4 Å². The summed E-state index contributed by atoms with van der Waals surface area (Å²) in [5, 5.41) is 22.7. The molecule has 1 amide bonds. The van der Waals surface area contributed by atoms with Gasteiger partial charge in [-0.1, -0.05) is 32.5 Å². The molecule has 0 spiro atoms. The Morgan fingerprint density at radius 1 is 1.52 bits per heavy atom. The van der Waals surface area contributed by atoms with Crippen LogP contribution < -0.4 is 10.9 Å². The number of aromatic amines is 1. The van der Waals surface area contributed by atoms with Crippen LogP contribution in [-0.2, 0) is 17.6 Å². The van der Waals surface area contributed by atoms with Crippen molar-refractivity contribution in [2.75, 3.05) is 11.1 Å². The molecule has 154 valence electrons. The van der Waals surface area contributed by atoms with Crippen molar-refractivity contribution in [2.45, 2.75) is 51.6 Å². The molecule has 2 heterocycles. The van der Waals surface area contributed by atoms with Gasteiger partial charge >= 0.3 is 0 Å². The number of hydrogen-bond donors (Lipinski definition) is 3. The number of hydrogen-bond acceptors (Lipinski definition) is 7. The molecule has 3 N–H and O–H groups in total. The molecule has 1 atom stereocenters. The third kappa shape index (κ3) is 5.19. The average molecular weight is 433 g/mol. The van der Waals surface area contributed by atoms with E-state index in [0.29, 0.717) is 22.2 Å². The summed E-state index contributed by atoms with van der Waals surface area (Å²) in [5.74, 6) is 0.411. The van der Waals surface area contributed by atoms with E-state index in [1.54, 1.807) is 0 Å². The number of fused-ring (bicyclic) bond motifs is 1. The fourth-order valence-corrected chi connectivity index (χ4v) is 5.56. The van der Waals surface area contributed by atoms with Crippen LogP contribution in [0.5, 0.6) is 5.88 Å². The molecule has 1 aliphatic carbocycles. The van der Waals surface area contributed by atoms with Crippen molar-refractivity contribution in [2.24, 2.45) is 11.3 Å². The Hall–Kier alpha value is -2.31. The zero-order chi connectivity index (χ0) is 21.2. The van der Waals surface area contributed by atoms with Crippen molar-refractivity contribution in [3.63, 3.8) is 0 Å². The van der Waals surface area contributed by atoms with Gasteiger partial charge in [0.2, 0.25) is 11.8 Å². The molecule has 0 saturated heterocycles. The lowest BCUT2D eigenvalue weighted by Crippen LogP contribution is -2.26. The fraction of sp³-hybridized carbons (Fsp3) is 0.500. The third-order valence-electron chi connectivity index (χ3n) is 5.13.